The summed E-state index contributed by atoms with van der Waals surface area (Å²) in [5, 5.41) is 3.42. The predicted molar refractivity (Wildman–Crippen MR) is 78.1 cm³/mol. The molecule has 19 heavy (non-hydrogen) atoms. The molecule has 2 rings (SSSR count). The van der Waals surface area contributed by atoms with Gasteiger partial charge in [-0.15, -0.1) is 0 Å². The van der Waals surface area contributed by atoms with Crippen LogP contribution in [0.2, 0.25) is 0 Å². The Morgan fingerprint density at radius 2 is 1.79 bits per heavy atom. The SMILES string of the molecule is CCN(CC)C(=O)CCN1C2CCC1CC(NC)C2. The highest BCUT2D eigenvalue weighted by Gasteiger charge is 2.39. The monoisotopic (exact) mass is 267 g/mol. The molecule has 0 radical (unpaired) electrons. The van der Waals surface area contributed by atoms with E-state index in [1.165, 1.54) is 25.7 Å². The summed E-state index contributed by atoms with van der Waals surface area (Å²) in [5.41, 5.74) is 0. The van der Waals surface area contributed by atoms with Gasteiger partial charge in [0.15, 0.2) is 0 Å². The first-order chi connectivity index (χ1) is 9.19. The van der Waals surface area contributed by atoms with Crippen LogP contribution in [0, 0.1) is 0 Å². The topological polar surface area (TPSA) is 35.6 Å². The lowest BCUT2D eigenvalue weighted by Gasteiger charge is -2.39. The molecule has 2 bridgehead atoms. The summed E-state index contributed by atoms with van der Waals surface area (Å²) in [6.07, 6.45) is 5.85. The molecule has 1 N–H and O–H groups in total. The van der Waals surface area contributed by atoms with Crippen molar-refractivity contribution < 1.29 is 4.79 Å². The number of hydrogen-bond donors (Lipinski definition) is 1. The molecule has 0 aromatic carbocycles. The first-order valence-electron chi connectivity index (χ1n) is 7.90. The smallest absolute Gasteiger partial charge is 0.223 e. The Morgan fingerprint density at radius 3 is 2.26 bits per heavy atom. The van der Waals surface area contributed by atoms with Crippen LogP contribution in [-0.2, 0) is 4.79 Å². The second-order valence-electron chi connectivity index (χ2n) is 5.90. The number of fused-ring (bicyclic) bond motifs is 2. The van der Waals surface area contributed by atoms with Gasteiger partial charge in [-0.1, -0.05) is 0 Å². The fourth-order valence-corrected chi connectivity index (χ4v) is 3.83. The Bertz CT molecular complexity index is 290. The molecule has 2 heterocycles. The van der Waals surface area contributed by atoms with E-state index in [1.807, 2.05) is 4.90 Å². The molecule has 110 valence electrons. The van der Waals surface area contributed by atoms with Crippen LogP contribution in [-0.4, -0.2) is 60.5 Å². The van der Waals surface area contributed by atoms with Crippen molar-refractivity contribution in [1.29, 1.82) is 0 Å². The Balaban J connectivity index is 1.83. The van der Waals surface area contributed by atoms with Crippen molar-refractivity contribution in [2.45, 2.75) is 64.1 Å². The van der Waals surface area contributed by atoms with Crippen molar-refractivity contribution >= 4 is 5.91 Å². The van der Waals surface area contributed by atoms with Gasteiger partial charge in [-0.2, -0.15) is 0 Å². The molecular formula is C15H29N3O. The zero-order valence-electron chi connectivity index (χ0n) is 12.7. The zero-order valence-corrected chi connectivity index (χ0v) is 12.7. The fraction of sp³-hybridized carbons (Fsp3) is 0.933. The van der Waals surface area contributed by atoms with Crippen LogP contribution in [0.25, 0.3) is 0 Å². The van der Waals surface area contributed by atoms with Crippen molar-refractivity contribution in [2.24, 2.45) is 0 Å². The van der Waals surface area contributed by atoms with Gasteiger partial charge in [-0.05, 0) is 46.6 Å². The maximum absolute atomic E-state index is 12.1. The Morgan fingerprint density at radius 1 is 1.21 bits per heavy atom. The van der Waals surface area contributed by atoms with E-state index in [4.69, 9.17) is 0 Å². The van der Waals surface area contributed by atoms with E-state index in [2.05, 4.69) is 31.1 Å². The quantitative estimate of drug-likeness (QED) is 0.791. The Labute approximate surface area is 117 Å². The van der Waals surface area contributed by atoms with Crippen molar-refractivity contribution in [3.63, 3.8) is 0 Å². The Hall–Kier alpha value is -0.610. The molecule has 0 spiro atoms. The van der Waals surface area contributed by atoms with E-state index < -0.39 is 0 Å². The van der Waals surface area contributed by atoms with Crippen molar-refractivity contribution in [3.05, 3.63) is 0 Å². The van der Waals surface area contributed by atoms with E-state index >= 15 is 0 Å². The number of piperidine rings is 1. The van der Waals surface area contributed by atoms with E-state index in [1.54, 1.807) is 0 Å². The average molecular weight is 267 g/mol. The number of hydrogen-bond acceptors (Lipinski definition) is 3. The molecular weight excluding hydrogens is 238 g/mol. The second-order valence-corrected chi connectivity index (χ2v) is 5.90. The van der Waals surface area contributed by atoms with E-state index in [-0.39, 0.29) is 0 Å². The average Bonchev–Trinajstić information content (AvgIpc) is 2.66. The molecule has 2 unspecified atom stereocenters. The summed E-state index contributed by atoms with van der Waals surface area (Å²) in [6.45, 7) is 6.75. The zero-order chi connectivity index (χ0) is 13.8. The van der Waals surface area contributed by atoms with Gasteiger partial charge in [-0.25, -0.2) is 0 Å². The van der Waals surface area contributed by atoms with Crippen molar-refractivity contribution in [1.82, 2.24) is 15.1 Å². The summed E-state index contributed by atoms with van der Waals surface area (Å²) in [4.78, 5) is 16.6. The summed E-state index contributed by atoms with van der Waals surface area (Å²) < 4.78 is 0. The minimum absolute atomic E-state index is 0.320. The normalized spacial score (nSPS) is 30.6. The summed E-state index contributed by atoms with van der Waals surface area (Å²) in [5.74, 6) is 0.320. The van der Waals surface area contributed by atoms with Gasteiger partial charge >= 0.3 is 0 Å². The molecule has 1 amide bonds. The van der Waals surface area contributed by atoms with Crippen LogP contribution < -0.4 is 5.32 Å². The van der Waals surface area contributed by atoms with Gasteiger partial charge < -0.3 is 10.2 Å². The standard InChI is InChI=1S/C15H29N3O/c1-4-17(5-2)15(19)8-9-18-13-6-7-14(18)11-12(10-13)16-3/h12-14,16H,4-11H2,1-3H3. The first kappa shape index (κ1) is 14.8. The highest BCUT2D eigenvalue weighted by atomic mass is 16.2. The maximum Gasteiger partial charge on any atom is 0.223 e. The van der Waals surface area contributed by atoms with Crippen LogP contribution in [0.4, 0.5) is 0 Å². The minimum atomic E-state index is 0.320. The van der Waals surface area contributed by atoms with E-state index in [0.29, 0.717) is 30.5 Å². The van der Waals surface area contributed by atoms with Crippen LogP contribution in [0.15, 0.2) is 0 Å². The molecule has 4 heteroatoms. The van der Waals surface area contributed by atoms with Crippen LogP contribution in [0.1, 0.15) is 46.0 Å². The van der Waals surface area contributed by atoms with Crippen LogP contribution in [0.3, 0.4) is 0 Å². The number of carbonyl (C=O) groups is 1. The van der Waals surface area contributed by atoms with Crippen molar-refractivity contribution in [3.8, 4) is 0 Å². The number of amides is 1. The lowest BCUT2D eigenvalue weighted by Crippen LogP contribution is -2.49. The summed E-state index contributed by atoms with van der Waals surface area (Å²) in [6, 6.07) is 2.11. The predicted octanol–water partition coefficient (Wildman–Crippen LogP) is 1.46. The maximum atomic E-state index is 12.1. The molecule has 2 aliphatic heterocycles. The molecule has 2 fully saturated rings. The van der Waals surface area contributed by atoms with Crippen molar-refractivity contribution in [2.75, 3.05) is 26.7 Å². The van der Waals surface area contributed by atoms with Gasteiger partial charge in [-0.3, -0.25) is 9.69 Å². The number of rotatable bonds is 6. The third kappa shape index (κ3) is 3.29. The minimum Gasteiger partial charge on any atom is -0.343 e. The molecule has 0 aromatic heterocycles. The van der Waals surface area contributed by atoms with E-state index in [0.717, 1.165) is 19.6 Å². The molecule has 4 nitrogen and oxygen atoms in total. The third-order valence-corrected chi connectivity index (χ3v) is 4.99. The molecule has 0 saturated carbocycles. The van der Waals surface area contributed by atoms with Gasteiger partial charge in [0, 0.05) is 44.2 Å². The summed E-state index contributed by atoms with van der Waals surface area (Å²) >= 11 is 0. The highest BCUT2D eigenvalue weighted by molar-refractivity contribution is 5.76. The van der Waals surface area contributed by atoms with Crippen LogP contribution in [0.5, 0.6) is 0 Å². The largest absolute Gasteiger partial charge is 0.343 e. The van der Waals surface area contributed by atoms with Gasteiger partial charge in [0.2, 0.25) is 5.91 Å². The second kappa shape index (κ2) is 6.71. The van der Waals surface area contributed by atoms with Gasteiger partial charge in [0.1, 0.15) is 0 Å². The lowest BCUT2D eigenvalue weighted by atomic mass is 9.97. The number of carbonyl (C=O) groups excluding carboxylic acids is 1. The van der Waals surface area contributed by atoms with Gasteiger partial charge in [0.25, 0.3) is 0 Å². The fourth-order valence-electron chi connectivity index (χ4n) is 3.83. The number of nitrogens with zero attached hydrogens (tertiary/aromatic N) is 2. The molecule has 2 atom stereocenters. The molecule has 0 aromatic rings. The first-order valence-corrected chi connectivity index (χ1v) is 7.90. The molecule has 2 saturated heterocycles. The molecule has 0 aliphatic carbocycles. The van der Waals surface area contributed by atoms with Gasteiger partial charge in [0.05, 0.1) is 0 Å². The Kier molecular flexibility index (Phi) is 5.22. The van der Waals surface area contributed by atoms with Crippen LogP contribution >= 0.6 is 0 Å². The third-order valence-electron chi connectivity index (χ3n) is 4.99. The number of nitrogens with one attached hydrogen (secondary N) is 1. The lowest BCUT2D eigenvalue weighted by molar-refractivity contribution is -0.131. The highest BCUT2D eigenvalue weighted by Crippen LogP contribution is 2.35. The van der Waals surface area contributed by atoms with E-state index in [9.17, 15) is 4.79 Å². The molecule has 2 aliphatic rings. The summed E-state index contributed by atoms with van der Waals surface area (Å²) in [7, 11) is 2.07.